The van der Waals surface area contributed by atoms with Gasteiger partial charge in [-0.1, -0.05) is 47.5 Å². The first kappa shape index (κ1) is 27.5. The molecule has 0 atom stereocenters. The topological polar surface area (TPSA) is 35.6 Å². The summed E-state index contributed by atoms with van der Waals surface area (Å²) in [6, 6.07) is 12.9. The number of aryl methyl sites for hydroxylation is 6. The number of fused-ring (bicyclic) bond motifs is 1. The van der Waals surface area contributed by atoms with Gasteiger partial charge in [0.05, 0.1) is 16.2 Å². The van der Waals surface area contributed by atoms with Gasteiger partial charge in [-0.2, -0.15) is 5.10 Å². The van der Waals surface area contributed by atoms with Crippen LogP contribution in [0, 0.1) is 34.6 Å². The summed E-state index contributed by atoms with van der Waals surface area (Å²) in [5, 5.41) is 7.63. The normalized spacial score (nSPS) is 11.6. The van der Waals surface area contributed by atoms with Crippen molar-refractivity contribution in [3.63, 3.8) is 0 Å². The quantitative estimate of drug-likeness (QED) is 0.178. The van der Waals surface area contributed by atoms with Gasteiger partial charge < -0.3 is 4.57 Å². The van der Waals surface area contributed by atoms with Crippen LogP contribution in [0.25, 0.3) is 22.0 Å². The van der Waals surface area contributed by atoms with Crippen molar-refractivity contribution in [2.45, 2.75) is 66.8 Å². The van der Waals surface area contributed by atoms with Gasteiger partial charge in [0.15, 0.2) is 0 Å². The monoisotopic (exact) mass is 558 g/mol. The van der Waals surface area contributed by atoms with E-state index in [1.165, 1.54) is 33.3 Å². The highest BCUT2D eigenvalue weighted by Gasteiger charge is 2.23. The molecule has 3 heterocycles. The highest BCUT2D eigenvalue weighted by atomic mass is 35.5. The summed E-state index contributed by atoms with van der Waals surface area (Å²) in [6.07, 6.45) is 8.07. The van der Waals surface area contributed by atoms with Crippen LogP contribution in [0.3, 0.4) is 0 Å². The summed E-state index contributed by atoms with van der Waals surface area (Å²) in [5.74, 6) is 0. The number of benzene rings is 2. The van der Waals surface area contributed by atoms with Crippen LogP contribution in [0.15, 0.2) is 48.8 Å². The third-order valence-electron chi connectivity index (χ3n) is 8.02. The molecule has 0 N–H and O–H groups in total. The van der Waals surface area contributed by atoms with Crippen LogP contribution in [0.1, 0.15) is 57.7 Å². The summed E-state index contributed by atoms with van der Waals surface area (Å²) in [7, 11) is 1.99. The average molecular weight is 560 g/mol. The Bertz CT molecular complexity index is 1640. The molecule has 0 amide bonds. The van der Waals surface area contributed by atoms with Crippen LogP contribution in [0.5, 0.6) is 0 Å². The Kier molecular flexibility index (Phi) is 7.89. The van der Waals surface area contributed by atoms with E-state index in [0.717, 1.165) is 75.9 Å². The number of rotatable bonds is 8. The molecule has 39 heavy (non-hydrogen) atoms. The zero-order chi connectivity index (χ0) is 27.8. The van der Waals surface area contributed by atoms with E-state index in [1.807, 2.05) is 30.2 Å². The second-order valence-electron chi connectivity index (χ2n) is 10.8. The van der Waals surface area contributed by atoms with Gasteiger partial charge in [-0.15, -0.1) is 0 Å². The van der Waals surface area contributed by atoms with E-state index >= 15 is 0 Å². The summed E-state index contributed by atoms with van der Waals surface area (Å²) >= 11 is 13.4. The number of nitrogens with zero attached hydrogens (tertiary/aromatic N) is 4. The number of halogens is 2. The molecule has 6 heteroatoms. The molecule has 2 aromatic carbocycles. The number of hydrogen-bond donors (Lipinski definition) is 0. The smallest absolute Gasteiger partial charge is 0.0676 e. The van der Waals surface area contributed by atoms with Crippen molar-refractivity contribution in [1.82, 2.24) is 19.3 Å². The molecule has 5 aromatic rings. The maximum absolute atomic E-state index is 6.99. The van der Waals surface area contributed by atoms with Crippen LogP contribution < -0.4 is 0 Å². The lowest BCUT2D eigenvalue weighted by molar-refractivity contribution is 0.724. The van der Waals surface area contributed by atoms with Gasteiger partial charge in [0.25, 0.3) is 0 Å². The van der Waals surface area contributed by atoms with E-state index in [9.17, 15) is 0 Å². The first-order valence-corrected chi connectivity index (χ1v) is 14.4. The summed E-state index contributed by atoms with van der Waals surface area (Å²) in [4.78, 5) is 4.37. The molecule has 3 aromatic heterocycles. The maximum Gasteiger partial charge on any atom is 0.0676 e. The molecule has 0 radical (unpaired) electrons. The summed E-state index contributed by atoms with van der Waals surface area (Å²) < 4.78 is 4.38. The number of unbranched alkanes of at least 4 members (excludes halogenated alkanes) is 1. The molecule has 0 bridgehead atoms. The largest absolute Gasteiger partial charge is 0.340 e. The molecular weight excluding hydrogens is 523 g/mol. The van der Waals surface area contributed by atoms with Crippen molar-refractivity contribution in [3.8, 4) is 11.1 Å². The Hall–Kier alpha value is -3.08. The minimum Gasteiger partial charge on any atom is -0.340 e. The van der Waals surface area contributed by atoms with Crippen molar-refractivity contribution in [2.24, 2.45) is 7.05 Å². The molecule has 0 unspecified atom stereocenters. The Labute approximate surface area is 241 Å². The molecule has 0 spiro atoms. The van der Waals surface area contributed by atoms with Crippen LogP contribution >= 0.6 is 23.2 Å². The molecule has 0 saturated carbocycles. The Morgan fingerprint density at radius 2 is 1.54 bits per heavy atom. The zero-order valence-corrected chi connectivity index (χ0v) is 25.2. The van der Waals surface area contributed by atoms with Gasteiger partial charge in [-0.25, -0.2) is 0 Å². The van der Waals surface area contributed by atoms with Crippen LogP contribution in [-0.2, 0) is 26.4 Å². The van der Waals surface area contributed by atoms with Crippen molar-refractivity contribution in [2.75, 3.05) is 0 Å². The van der Waals surface area contributed by atoms with Gasteiger partial charge in [0.2, 0.25) is 0 Å². The van der Waals surface area contributed by atoms with Crippen molar-refractivity contribution >= 4 is 34.1 Å². The van der Waals surface area contributed by atoms with E-state index in [0.29, 0.717) is 0 Å². The molecule has 0 saturated heterocycles. The molecule has 4 nitrogen and oxygen atoms in total. The standard InChI is InChI=1S/C33H36Cl2N4/c1-20-16-25(17-21(2)32(20)35)10-7-8-12-27-23(4)39(19-26-11-9-15-36-18-26)33-28(27)13-14-29(34)31(33)30-22(3)37-38(6)24(30)5/h9,11,13-18H,7-8,10,12,19H2,1-6H3. The van der Waals surface area contributed by atoms with E-state index in [1.54, 1.807) is 0 Å². The van der Waals surface area contributed by atoms with Crippen LogP contribution in [0.2, 0.25) is 10.0 Å². The first-order chi connectivity index (χ1) is 18.7. The van der Waals surface area contributed by atoms with Gasteiger partial charge >= 0.3 is 0 Å². The predicted molar refractivity (Wildman–Crippen MR) is 164 cm³/mol. The number of hydrogen-bond acceptors (Lipinski definition) is 2. The van der Waals surface area contributed by atoms with Gasteiger partial charge in [0, 0.05) is 58.9 Å². The second-order valence-corrected chi connectivity index (χ2v) is 11.5. The molecular formula is C33H36Cl2N4. The zero-order valence-electron chi connectivity index (χ0n) is 23.7. The van der Waals surface area contributed by atoms with Crippen molar-refractivity contribution in [3.05, 3.63) is 104 Å². The van der Waals surface area contributed by atoms with Crippen molar-refractivity contribution in [1.29, 1.82) is 0 Å². The van der Waals surface area contributed by atoms with Gasteiger partial charge in [0.1, 0.15) is 0 Å². The fourth-order valence-electron chi connectivity index (χ4n) is 5.99. The Morgan fingerprint density at radius 3 is 2.18 bits per heavy atom. The predicted octanol–water partition coefficient (Wildman–Crippen LogP) is 8.90. The van der Waals surface area contributed by atoms with Crippen LogP contribution in [-0.4, -0.2) is 19.3 Å². The summed E-state index contributed by atoms with van der Waals surface area (Å²) in [5.41, 5.74) is 13.0. The lowest BCUT2D eigenvalue weighted by Gasteiger charge is -2.14. The van der Waals surface area contributed by atoms with Crippen LogP contribution in [0.4, 0.5) is 0 Å². The van der Waals surface area contributed by atoms with E-state index in [2.05, 4.69) is 74.5 Å². The first-order valence-electron chi connectivity index (χ1n) is 13.6. The summed E-state index contributed by atoms with van der Waals surface area (Å²) in [6.45, 7) is 11.4. The SMILES string of the molecule is Cc1cc(CCCCc2c(C)n(Cc3cccnc3)c3c(-c4c(C)nn(C)c4C)c(Cl)ccc23)cc(C)c1Cl. The maximum atomic E-state index is 6.99. The third kappa shape index (κ3) is 5.25. The Balaban J connectivity index is 1.55. The van der Waals surface area contributed by atoms with E-state index in [-0.39, 0.29) is 0 Å². The number of pyridine rings is 1. The van der Waals surface area contributed by atoms with Gasteiger partial charge in [-0.05, 0) is 100 Å². The molecule has 5 rings (SSSR count). The van der Waals surface area contributed by atoms with Gasteiger partial charge in [-0.3, -0.25) is 9.67 Å². The fraction of sp³-hybridized carbons (Fsp3) is 0.333. The molecule has 0 aliphatic carbocycles. The average Bonchev–Trinajstić information content (AvgIpc) is 3.31. The molecule has 0 aliphatic rings. The van der Waals surface area contributed by atoms with E-state index < -0.39 is 0 Å². The van der Waals surface area contributed by atoms with E-state index in [4.69, 9.17) is 28.3 Å². The third-order valence-corrected chi connectivity index (χ3v) is 8.94. The number of aromatic nitrogens is 4. The highest BCUT2D eigenvalue weighted by molar-refractivity contribution is 6.35. The minimum atomic E-state index is 0.741. The molecule has 0 aliphatic heterocycles. The molecule has 0 fully saturated rings. The highest BCUT2D eigenvalue weighted by Crippen LogP contribution is 2.42. The fourth-order valence-corrected chi connectivity index (χ4v) is 6.34. The lowest BCUT2D eigenvalue weighted by Crippen LogP contribution is -2.04. The second kappa shape index (κ2) is 11.2. The minimum absolute atomic E-state index is 0.741. The van der Waals surface area contributed by atoms with Crippen molar-refractivity contribution < 1.29 is 0 Å². The lowest BCUT2D eigenvalue weighted by atomic mass is 9.97. The Morgan fingerprint density at radius 1 is 0.821 bits per heavy atom. The molecule has 202 valence electrons.